The molecule has 108 valence electrons. The number of rotatable bonds is 4. The van der Waals surface area contributed by atoms with Crippen molar-refractivity contribution in [3.05, 3.63) is 39.4 Å². The second-order valence-electron chi connectivity index (χ2n) is 5.61. The molecule has 1 aromatic carbocycles. The third-order valence-corrected chi connectivity index (χ3v) is 2.92. The number of nitrogens with zero attached hydrogens (tertiary/aromatic N) is 1. The Morgan fingerprint density at radius 2 is 1.90 bits per heavy atom. The Morgan fingerprint density at radius 1 is 1.30 bits per heavy atom. The van der Waals surface area contributed by atoms with Crippen LogP contribution in [-0.4, -0.2) is 23.2 Å². The molecule has 0 unspecified atom stereocenters. The Balaban J connectivity index is 2.85. The lowest BCUT2D eigenvalue weighted by Crippen LogP contribution is -2.35. The number of benzene rings is 1. The molecule has 1 rings (SSSR count). The summed E-state index contributed by atoms with van der Waals surface area (Å²) in [7, 11) is 0. The minimum absolute atomic E-state index is 0.0928. The average molecular weight is 278 g/mol. The van der Waals surface area contributed by atoms with E-state index in [1.807, 2.05) is 0 Å². The largest absolute Gasteiger partial charge is 0.345 e. The van der Waals surface area contributed by atoms with Crippen LogP contribution in [0.5, 0.6) is 0 Å². The van der Waals surface area contributed by atoms with E-state index in [0.717, 1.165) is 0 Å². The first-order valence-corrected chi connectivity index (χ1v) is 6.19. The smallest absolute Gasteiger partial charge is 0.270 e. The summed E-state index contributed by atoms with van der Waals surface area (Å²) in [5, 5.41) is 13.2. The zero-order chi connectivity index (χ0) is 15.5. The molecule has 1 aromatic rings. The normalized spacial score (nSPS) is 11.0. The van der Waals surface area contributed by atoms with Crippen molar-refractivity contribution in [1.29, 1.82) is 0 Å². The predicted molar refractivity (Wildman–Crippen MR) is 74.6 cm³/mol. The second kappa shape index (κ2) is 5.81. The number of Topliss-reactive ketones (excluding diaryl/α,β-unsaturated/α-hetero) is 1. The SMILES string of the molecule is Cc1ccc([N+](=O)[O-])cc1C(=O)NCC(=O)C(C)(C)C. The van der Waals surface area contributed by atoms with E-state index < -0.39 is 16.2 Å². The highest BCUT2D eigenvalue weighted by molar-refractivity contribution is 5.99. The number of nitro benzene ring substituents is 1. The van der Waals surface area contributed by atoms with Gasteiger partial charge in [-0.05, 0) is 12.5 Å². The maximum absolute atomic E-state index is 12.0. The summed E-state index contributed by atoms with van der Waals surface area (Å²) in [6, 6.07) is 4.07. The number of ketones is 1. The number of aryl methyl sites for hydroxylation is 1. The summed E-state index contributed by atoms with van der Waals surface area (Å²) in [6.07, 6.45) is 0. The van der Waals surface area contributed by atoms with Gasteiger partial charge < -0.3 is 5.32 Å². The fraction of sp³-hybridized carbons (Fsp3) is 0.429. The lowest BCUT2D eigenvalue weighted by molar-refractivity contribution is -0.384. The van der Waals surface area contributed by atoms with E-state index in [0.29, 0.717) is 5.56 Å². The van der Waals surface area contributed by atoms with Gasteiger partial charge in [-0.15, -0.1) is 0 Å². The molecular weight excluding hydrogens is 260 g/mol. The van der Waals surface area contributed by atoms with Crippen LogP contribution in [0.25, 0.3) is 0 Å². The monoisotopic (exact) mass is 278 g/mol. The van der Waals surface area contributed by atoms with Crippen LogP contribution in [0.4, 0.5) is 5.69 Å². The van der Waals surface area contributed by atoms with Crippen molar-refractivity contribution >= 4 is 17.4 Å². The fourth-order valence-electron chi connectivity index (χ4n) is 1.49. The first kappa shape index (κ1) is 15.8. The minimum atomic E-state index is -0.559. The Hall–Kier alpha value is -2.24. The first-order chi connectivity index (χ1) is 9.12. The molecule has 20 heavy (non-hydrogen) atoms. The van der Waals surface area contributed by atoms with Crippen LogP contribution in [-0.2, 0) is 4.79 Å². The van der Waals surface area contributed by atoms with Gasteiger partial charge in [0, 0.05) is 23.1 Å². The van der Waals surface area contributed by atoms with Crippen LogP contribution in [0, 0.1) is 22.5 Å². The number of non-ortho nitro benzene ring substituents is 1. The molecule has 0 spiro atoms. The van der Waals surface area contributed by atoms with Crippen molar-refractivity contribution < 1.29 is 14.5 Å². The topological polar surface area (TPSA) is 89.3 Å². The zero-order valence-corrected chi connectivity index (χ0v) is 12.0. The molecule has 0 fully saturated rings. The Kier molecular flexibility index (Phi) is 4.60. The van der Waals surface area contributed by atoms with Gasteiger partial charge >= 0.3 is 0 Å². The van der Waals surface area contributed by atoms with Crippen LogP contribution in [0.3, 0.4) is 0 Å². The first-order valence-electron chi connectivity index (χ1n) is 6.19. The highest BCUT2D eigenvalue weighted by Crippen LogP contribution is 2.18. The third-order valence-electron chi connectivity index (χ3n) is 2.92. The number of carbonyl (C=O) groups excluding carboxylic acids is 2. The lowest BCUT2D eigenvalue weighted by Gasteiger charge is -2.17. The number of carbonyl (C=O) groups is 2. The molecule has 6 heteroatoms. The molecule has 0 heterocycles. The van der Waals surface area contributed by atoms with Crippen molar-refractivity contribution in [1.82, 2.24) is 5.32 Å². The molecule has 0 atom stereocenters. The van der Waals surface area contributed by atoms with Gasteiger partial charge in [0.25, 0.3) is 11.6 Å². The van der Waals surface area contributed by atoms with Gasteiger partial charge in [-0.25, -0.2) is 0 Å². The van der Waals surface area contributed by atoms with Crippen molar-refractivity contribution in [2.24, 2.45) is 5.41 Å². The highest BCUT2D eigenvalue weighted by atomic mass is 16.6. The van der Waals surface area contributed by atoms with E-state index in [2.05, 4.69) is 5.32 Å². The molecule has 0 aromatic heterocycles. The van der Waals surface area contributed by atoms with Crippen LogP contribution < -0.4 is 5.32 Å². The number of hydrogen-bond donors (Lipinski definition) is 1. The van der Waals surface area contributed by atoms with Gasteiger partial charge in [0.2, 0.25) is 0 Å². The van der Waals surface area contributed by atoms with Gasteiger partial charge in [0.15, 0.2) is 5.78 Å². The van der Waals surface area contributed by atoms with Crippen LogP contribution >= 0.6 is 0 Å². The van der Waals surface area contributed by atoms with Crippen LogP contribution in [0.1, 0.15) is 36.7 Å². The Labute approximate surface area is 117 Å². The van der Waals surface area contributed by atoms with E-state index in [4.69, 9.17) is 0 Å². The average Bonchev–Trinajstić information content (AvgIpc) is 2.34. The highest BCUT2D eigenvalue weighted by Gasteiger charge is 2.22. The van der Waals surface area contributed by atoms with Crippen molar-refractivity contribution in [3.63, 3.8) is 0 Å². The van der Waals surface area contributed by atoms with Gasteiger partial charge in [0.1, 0.15) is 0 Å². The molecule has 0 radical (unpaired) electrons. The van der Waals surface area contributed by atoms with Gasteiger partial charge in [-0.2, -0.15) is 0 Å². The van der Waals surface area contributed by atoms with Gasteiger partial charge in [0.05, 0.1) is 11.5 Å². The Bertz CT molecular complexity index is 559. The molecule has 0 aliphatic rings. The Morgan fingerprint density at radius 3 is 2.40 bits per heavy atom. The summed E-state index contributed by atoms with van der Waals surface area (Å²) in [6.45, 7) is 6.88. The number of hydrogen-bond acceptors (Lipinski definition) is 4. The lowest BCUT2D eigenvalue weighted by atomic mass is 9.91. The fourth-order valence-corrected chi connectivity index (χ4v) is 1.49. The van der Waals surface area contributed by atoms with E-state index >= 15 is 0 Å². The minimum Gasteiger partial charge on any atom is -0.345 e. The van der Waals surface area contributed by atoms with Crippen LogP contribution in [0.15, 0.2) is 18.2 Å². The molecule has 6 nitrogen and oxygen atoms in total. The number of nitrogens with one attached hydrogen (secondary N) is 1. The molecule has 0 aliphatic carbocycles. The molecule has 0 aliphatic heterocycles. The standard InChI is InChI=1S/C14H18N2O4/c1-9-5-6-10(16(19)20)7-11(9)13(18)15-8-12(17)14(2,3)4/h5-7H,8H2,1-4H3,(H,15,18). The summed E-state index contributed by atoms with van der Waals surface area (Å²) < 4.78 is 0. The quantitative estimate of drug-likeness (QED) is 0.675. The molecule has 0 saturated carbocycles. The summed E-state index contributed by atoms with van der Waals surface area (Å²) >= 11 is 0. The molecule has 1 amide bonds. The number of amides is 1. The molecule has 0 saturated heterocycles. The number of nitro groups is 1. The third kappa shape index (κ3) is 3.88. The maximum atomic E-state index is 12.0. The van der Waals surface area contributed by atoms with Crippen LogP contribution in [0.2, 0.25) is 0 Å². The second-order valence-corrected chi connectivity index (χ2v) is 5.61. The molecular formula is C14H18N2O4. The predicted octanol–water partition coefficient (Wildman–Crippen LogP) is 2.25. The van der Waals surface area contributed by atoms with E-state index in [1.165, 1.54) is 18.2 Å². The summed E-state index contributed by atoms with van der Waals surface area (Å²) in [5.41, 5.74) is 0.144. The zero-order valence-electron chi connectivity index (χ0n) is 12.0. The van der Waals surface area contributed by atoms with Crippen molar-refractivity contribution in [2.75, 3.05) is 6.54 Å². The van der Waals surface area contributed by atoms with E-state index in [9.17, 15) is 19.7 Å². The van der Waals surface area contributed by atoms with Crippen molar-refractivity contribution in [3.8, 4) is 0 Å². The van der Waals surface area contributed by atoms with Gasteiger partial charge in [-0.3, -0.25) is 19.7 Å². The molecule has 1 N–H and O–H groups in total. The summed E-state index contributed by atoms with van der Waals surface area (Å²) in [4.78, 5) is 33.9. The van der Waals surface area contributed by atoms with E-state index in [1.54, 1.807) is 27.7 Å². The van der Waals surface area contributed by atoms with E-state index in [-0.39, 0.29) is 23.6 Å². The molecule has 0 bridgehead atoms. The maximum Gasteiger partial charge on any atom is 0.270 e. The van der Waals surface area contributed by atoms with Crippen molar-refractivity contribution in [2.45, 2.75) is 27.7 Å². The van der Waals surface area contributed by atoms with Gasteiger partial charge in [-0.1, -0.05) is 26.8 Å². The summed E-state index contributed by atoms with van der Waals surface area (Å²) in [5.74, 6) is -0.585.